The van der Waals surface area contributed by atoms with E-state index in [2.05, 4.69) is 4.90 Å². The van der Waals surface area contributed by atoms with Gasteiger partial charge in [-0.15, -0.1) is 0 Å². The fourth-order valence-corrected chi connectivity index (χ4v) is 3.73. The van der Waals surface area contributed by atoms with E-state index in [1.54, 1.807) is 0 Å². The van der Waals surface area contributed by atoms with Crippen LogP contribution in [0.4, 0.5) is 5.69 Å². The summed E-state index contributed by atoms with van der Waals surface area (Å²) in [5.74, 6) is -0.249. The van der Waals surface area contributed by atoms with Crippen molar-refractivity contribution in [2.45, 2.75) is 51.1 Å². The Morgan fingerprint density at radius 3 is 2.61 bits per heavy atom. The predicted octanol–water partition coefficient (Wildman–Crippen LogP) is 1.86. The molecule has 2 heterocycles. The predicted molar refractivity (Wildman–Crippen MR) is 88.1 cm³/mol. The van der Waals surface area contributed by atoms with Gasteiger partial charge in [0.2, 0.25) is 5.91 Å². The maximum Gasteiger partial charge on any atom is 0.251 e. The Kier molecular flexibility index (Phi) is 4.78. The Labute approximate surface area is 136 Å². The van der Waals surface area contributed by atoms with Crippen molar-refractivity contribution in [1.29, 1.82) is 0 Å². The average Bonchev–Trinajstić information content (AvgIpc) is 2.84. The molecule has 5 heteroatoms. The van der Waals surface area contributed by atoms with Crippen molar-refractivity contribution >= 4 is 17.5 Å². The first-order valence-corrected chi connectivity index (χ1v) is 8.42. The minimum Gasteiger partial charge on any atom is -0.396 e. The van der Waals surface area contributed by atoms with E-state index in [-0.39, 0.29) is 36.9 Å². The molecule has 5 nitrogen and oxygen atoms in total. The van der Waals surface area contributed by atoms with Gasteiger partial charge in [0.05, 0.1) is 18.2 Å². The van der Waals surface area contributed by atoms with Gasteiger partial charge in [-0.25, -0.2) is 4.90 Å². The second-order valence-electron chi connectivity index (χ2n) is 6.52. The highest BCUT2D eigenvalue weighted by Gasteiger charge is 2.44. The number of imide groups is 1. The number of aliphatic hydroxyl groups is 1. The van der Waals surface area contributed by atoms with E-state index < -0.39 is 0 Å². The van der Waals surface area contributed by atoms with Crippen LogP contribution in [0.3, 0.4) is 0 Å². The Balaban J connectivity index is 1.81. The third-order valence-corrected chi connectivity index (χ3v) is 4.95. The van der Waals surface area contributed by atoms with Gasteiger partial charge in [0.15, 0.2) is 0 Å². The molecule has 2 aliphatic heterocycles. The first-order valence-electron chi connectivity index (χ1n) is 8.42. The Morgan fingerprint density at radius 2 is 1.91 bits per heavy atom. The normalized spacial score (nSPS) is 26.1. The van der Waals surface area contributed by atoms with Crippen molar-refractivity contribution < 1.29 is 14.7 Å². The van der Waals surface area contributed by atoms with Crippen molar-refractivity contribution in [1.82, 2.24) is 4.90 Å². The molecule has 124 valence electrons. The monoisotopic (exact) mass is 316 g/mol. The number of aliphatic hydroxyl groups excluding tert-OH is 1. The van der Waals surface area contributed by atoms with E-state index in [1.807, 2.05) is 31.2 Å². The fraction of sp³-hybridized carbons (Fsp3) is 0.556. The number of hydrogen-bond donors (Lipinski definition) is 1. The summed E-state index contributed by atoms with van der Waals surface area (Å²) >= 11 is 0. The van der Waals surface area contributed by atoms with Crippen LogP contribution < -0.4 is 4.90 Å². The lowest BCUT2D eigenvalue weighted by Crippen LogP contribution is -2.50. The highest BCUT2D eigenvalue weighted by molar-refractivity contribution is 6.22. The molecule has 2 amide bonds. The van der Waals surface area contributed by atoms with E-state index in [0.29, 0.717) is 12.1 Å². The number of amides is 2. The van der Waals surface area contributed by atoms with Crippen LogP contribution in [-0.4, -0.2) is 47.1 Å². The first-order chi connectivity index (χ1) is 11.1. The summed E-state index contributed by atoms with van der Waals surface area (Å²) in [5, 5.41) is 9.26. The quantitative estimate of drug-likeness (QED) is 0.862. The zero-order valence-corrected chi connectivity index (χ0v) is 13.6. The smallest absolute Gasteiger partial charge is 0.251 e. The topological polar surface area (TPSA) is 60.9 Å². The van der Waals surface area contributed by atoms with Gasteiger partial charge in [-0.3, -0.25) is 14.5 Å². The van der Waals surface area contributed by atoms with Gasteiger partial charge in [0, 0.05) is 12.6 Å². The number of nitrogens with zero attached hydrogens (tertiary/aromatic N) is 2. The summed E-state index contributed by atoms with van der Waals surface area (Å²) < 4.78 is 0. The van der Waals surface area contributed by atoms with Crippen LogP contribution in [0.15, 0.2) is 24.3 Å². The largest absolute Gasteiger partial charge is 0.396 e. The average molecular weight is 316 g/mol. The summed E-state index contributed by atoms with van der Waals surface area (Å²) in [6.07, 6.45) is 4.07. The van der Waals surface area contributed by atoms with Gasteiger partial charge < -0.3 is 5.11 Å². The maximum atomic E-state index is 12.9. The maximum absolute atomic E-state index is 12.9. The summed E-state index contributed by atoms with van der Waals surface area (Å²) in [6, 6.07) is 7.32. The van der Waals surface area contributed by atoms with E-state index in [0.717, 1.165) is 31.4 Å². The number of rotatable bonds is 4. The number of piperidine rings is 1. The van der Waals surface area contributed by atoms with Crippen LogP contribution >= 0.6 is 0 Å². The molecule has 0 aromatic heterocycles. The van der Waals surface area contributed by atoms with Gasteiger partial charge in [-0.05, 0) is 44.9 Å². The van der Waals surface area contributed by atoms with Gasteiger partial charge in [0.25, 0.3) is 5.91 Å². The third kappa shape index (κ3) is 3.16. The minimum absolute atomic E-state index is 0.122. The molecule has 0 bridgehead atoms. The second kappa shape index (κ2) is 6.81. The van der Waals surface area contributed by atoms with Gasteiger partial charge in [-0.1, -0.05) is 24.1 Å². The molecular formula is C18H24N2O3. The molecule has 0 saturated carbocycles. The van der Waals surface area contributed by atoms with Crippen LogP contribution in [0.5, 0.6) is 0 Å². The van der Waals surface area contributed by atoms with Crippen LogP contribution in [0.1, 0.15) is 37.7 Å². The van der Waals surface area contributed by atoms with E-state index in [9.17, 15) is 14.7 Å². The third-order valence-electron chi connectivity index (χ3n) is 4.95. The van der Waals surface area contributed by atoms with E-state index in [1.165, 1.54) is 4.90 Å². The lowest BCUT2D eigenvalue weighted by atomic mass is 9.97. The van der Waals surface area contributed by atoms with E-state index in [4.69, 9.17) is 0 Å². The molecule has 2 saturated heterocycles. The molecule has 2 fully saturated rings. The molecule has 1 aromatic rings. The van der Waals surface area contributed by atoms with Gasteiger partial charge in [0.1, 0.15) is 0 Å². The summed E-state index contributed by atoms with van der Waals surface area (Å²) in [5.41, 5.74) is 1.76. The van der Waals surface area contributed by atoms with Crippen molar-refractivity contribution in [2.75, 3.05) is 18.1 Å². The highest BCUT2D eigenvalue weighted by Crippen LogP contribution is 2.30. The Hall–Kier alpha value is -1.72. The number of carbonyl (C=O) groups excluding carboxylic acids is 2. The molecule has 1 aromatic carbocycles. The number of aryl methyl sites for hydroxylation is 1. The SMILES string of the molecule is Cc1ccc(N2C(=O)C[C@H](N3CCCC[C@H]3CCO)C2=O)cc1. The zero-order valence-electron chi connectivity index (χ0n) is 13.6. The summed E-state index contributed by atoms with van der Waals surface area (Å²) in [7, 11) is 0. The summed E-state index contributed by atoms with van der Waals surface area (Å²) in [4.78, 5) is 28.7. The number of carbonyl (C=O) groups is 2. The van der Waals surface area contributed by atoms with Crippen molar-refractivity contribution in [3.05, 3.63) is 29.8 Å². The minimum atomic E-state index is -0.374. The van der Waals surface area contributed by atoms with Crippen LogP contribution in [-0.2, 0) is 9.59 Å². The lowest BCUT2D eigenvalue weighted by molar-refractivity contribution is -0.123. The molecule has 3 rings (SSSR count). The molecule has 0 spiro atoms. The standard InChI is InChI=1S/C18H24N2O3/c1-13-5-7-15(8-6-13)20-17(22)12-16(18(20)23)19-10-3-2-4-14(19)9-11-21/h5-8,14,16,21H,2-4,9-12H2,1H3/t14-,16-/m0/s1. The zero-order chi connectivity index (χ0) is 16.4. The number of hydrogen-bond acceptors (Lipinski definition) is 4. The molecule has 2 atom stereocenters. The van der Waals surface area contributed by atoms with Crippen molar-refractivity contribution in [3.8, 4) is 0 Å². The fourth-order valence-electron chi connectivity index (χ4n) is 3.73. The molecular weight excluding hydrogens is 292 g/mol. The number of likely N-dealkylation sites (tertiary alicyclic amines) is 1. The lowest BCUT2D eigenvalue weighted by Gasteiger charge is -2.38. The summed E-state index contributed by atoms with van der Waals surface area (Å²) in [6.45, 7) is 2.93. The van der Waals surface area contributed by atoms with Crippen LogP contribution in [0.2, 0.25) is 0 Å². The second-order valence-corrected chi connectivity index (χ2v) is 6.52. The Bertz CT molecular complexity index is 582. The first kappa shape index (κ1) is 16.1. The van der Waals surface area contributed by atoms with Gasteiger partial charge >= 0.3 is 0 Å². The molecule has 0 aliphatic carbocycles. The van der Waals surface area contributed by atoms with Crippen LogP contribution in [0.25, 0.3) is 0 Å². The highest BCUT2D eigenvalue weighted by atomic mass is 16.3. The Morgan fingerprint density at radius 1 is 1.17 bits per heavy atom. The van der Waals surface area contributed by atoms with Crippen molar-refractivity contribution in [3.63, 3.8) is 0 Å². The molecule has 2 aliphatic rings. The van der Waals surface area contributed by atoms with E-state index >= 15 is 0 Å². The van der Waals surface area contributed by atoms with Gasteiger partial charge in [-0.2, -0.15) is 0 Å². The van der Waals surface area contributed by atoms with Crippen LogP contribution in [0, 0.1) is 6.92 Å². The van der Waals surface area contributed by atoms with Crippen molar-refractivity contribution in [2.24, 2.45) is 0 Å². The molecule has 0 unspecified atom stereocenters. The molecule has 0 radical (unpaired) electrons. The molecule has 1 N–H and O–H groups in total. The molecule has 23 heavy (non-hydrogen) atoms. The number of benzene rings is 1. The number of anilines is 1.